The molecular formula is C21H20N4O3S. The molecule has 4 rings (SSSR count). The normalized spacial score (nSPS) is 13.7. The van der Waals surface area contributed by atoms with Crippen LogP contribution in [-0.4, -0.2) is 27.3 Å². The summed E-state index contributed by atoms with van der Waals surface area (Å²) >= 11 is 1.44. The number of fused-ring (bicyclic) bond motifs is 1. The van der Waals surface area contributed by atoms with E-state index < -0.39 is 10.8 Å². The van der Waals surface area contributed by atoms with Crippen molar-refractivity contribution in [2.45, 2.75) is 26.4 Å². The molecule has 148 valence electrons. The Hall–Kier alpha value is -3.10. The van der Waals surface area contributed by atoms with Gasteiger partial charge in [0.15, 0.2) is 5.13 Å². The Balaban J connectivity index is 1.48. The Bertz CT molecular complexity index is 1070. The number of aryl methyl sites for hydroxylation is 1. The van der Waals surface area contributed by atoms with Crippen LogP contribution in [0.25, 0.3) is 0 Å². The monoisotopic (exact) mass is 408 g/mol. The van der Waals surface area contributed by atoms with Crippen LogP contribution in [0.5, 0.6) is 0 Å². The Labute approximate surface area is 172 Å². The zero-order valence-electron chi connectivity index (χ0n) is 15.9. The van der Waals surface area contributed by atoms with Crippen LogP contribution < -0.4 is 5.32 Å². The van der Waals surface area contributed by atoms with E-state index >= 15 is 0 Å². The molecule has 0 unspecified atom stereocenters. The predicted octanol–water partition coefficient (Wildman–Crippen LogP) is 4.17. The Morgan fingerprint density at radius 1 is 1.24 bits per heavy atom. The molecule has 0 bridgehead atoms. The number of nitro benzene ring substituents is 1. The fourth-order valence-corrected chi connectivity index (χ4v) is 4.57. The summed E-state index contributed by atoms with van der Waals surface area (Å²) in [6, 6.07) is 15.0. The van der Waals surface area contributed by atoms with E-state index in [9.17, 15) is 14.9 Å². The molecule has 3 aromatic rings. The summed E-state index contributed by atoms with van der Waals surface area (Å²) in [6.07, 6.45) is 0.819. The highest BCUT2D eigenvalue weighted by Crippen LogP contribution is 2.30. The van der Waals surface area contributed by atoms with Crippen molar-refractivity contribution in [3.05, 3.63) is 85.9 Å². The lowest BCUT2D eigenvalue weighted by Crippen LogP contribution is -2.29. The lowest BCUT2D eigenvalue weighted by molar-refractivity contribution is -0.385. The number of anilines is 1. The van der Waals surface area contributed by atoms with Gasteiger partial charge in [-0.3, -0.25) is 25.1 Å². The number of benzene rings is 2. The van der Waals surface area contributed by atoms with Gasteiger partial charge in [0.2, 0.25) is 0 Å². The number of aromatic nitrogens is 1. The van der Waals surface area contributed by atoms with Crippen molar-refractivity contribution in [3.8, 4) is 0 Å². The molecule has 1 aliphatic rings. The zero-order chi connectivity index (χ0) is 20.4. The molecule has 1 N–H and O–H groups in total. The maximum Gasteiger partial charge on any atom is 0.285 e. The van der Waals surface area contributed by atoms with E-state index in [-0.39, 0.29) is 11.3 Å². The second kappa shape index (κ2) is 8.10. The first-order valence-corrected chi connectivity index (χ1v) is 10.1. The van der Waals surface area contributed by atoms with Gasteiger partial charge in [-0.25, -0.2) is 4.98 Å². The minimum atomic E-state index is -0.515. The lowest BCUT2D eigenvalue weighted by atomic mass is 10.1. The van der Waals surface area contributed by atoms with E-state index in [1.807, 2.05) is 18.2 Å². The molecule has 0 fully saturated rings. The summed E-state index contributed by atoms with van der Waals surface area (Å²) in [7, 11) is 0. The van der Waals surface area contributed by atoms with Crippen LogP contribution >= 0.6 is 11.3 Å². The quantitative estimate of drug-likeness (QED) is 0.506. The number of carbonyl (C=O) groups is 1. The smallest absolute Gasteiger partial charge is 0.285 e. The summed E-state index contributed by atoms with van der Waals surface area (Å²) < 4.78 is 0. The van der Waals surface area contributed by atoms with Crippen molar-refractivity contribution in [1.29, 1.82) is 0 Å². The number of para-hydroxylation sites is 1. The summed E-state index contributed by atoms with van der Waals surface area (Å²) in [5, 5.41) is 14.6. The molecule has 1 amide bonds. The highest BCUT2D eigenvalue weighted by molar-refractivity contribution is 7.15. The number of nitro groups is 1. The standard InChI is InChI=1S/C21H20N4O3S/c1-14-6-5-9-16(19(14)25(27)28)20(26)23-21-22-17-10-11-24(13-18(17)29-21)12-15-7-3-2-4-8-15/h2-9H,10-13H2,1H3,(H,22,23,26). The molecule has 2 aromatic carbocycles. The maximum atomic E-state index is 12.7. The van der Waals surface area contributed by atoms with Gasteiger partial charge in [-0.15, -0.1) is 11.3 Å². The van der Waals surface area contributed by atoms with Gasteiger partial charge >= 0.3 is 0 Å². The highest BCUT2D eigenvalue weighted by atomic mass is 32.1. The molecule has 1 aliphatic heterocycles. The average molecular weight is 408 g/mol. The Morgan fingerprint density at radius 3 is 2.79 bits per heavy atom. The number of nitrogens with one attached hydrogen (secondary N) is 1. The van der Waals surface area contributed by atoms with Gasteiger partial charge in [-0.2, -0.15) is 0 Å². The second-order valence-corrected chi connectivity index (χ2v) is 8.10. The second-order valence-electron chi connectivity index (χ2n) is 7.02. The molecule has 0 atom stereocenters. The van der Waals surface area contributed by atoms with Crippen molar-refractivity contribution >= 4 is 28.1 Å². The van der Waals surface area contributed by atoms with Gasteiger partial charge < -0.3 is 0 Å². The van der Waals surface area contributed by atoms with Crippen LogP contribution in [0.2, 0.25) is 0 Å². The summed E-state index contributed by atoms with van der Waals surface area (Å²) in [4.78, 5) is 31.5. The molecule has 2 heterocycles. The first-order chi connectivity index (χ1) is 14.0. The molecule has 0 spiro atoms. The van der Waals surface area contributed by atoms with Crippen molar-refractivity contribution in [1.82, 2.24) is 9.88 Å². The van der Waals surface area contributed by atoms with E-state index in [4.69, 9.17) is 0 Å². The molecule has 7 nitrogen and oxygen atoms in total. The van der Waals surface area contributed by atoms with Crippen molar-refractivity contribution in [3.63, 3.8) is 0 Å². The third kappa shape index (κ3) is 4.18. The minimum absolute atomic E-state index is 0.0499. The van der Waals surface area contributed by atoms with E-state index in [0.717, 1.165) is 36.6 Å². The zero-order valence-corrected chi connectivity index (χ0v) is 16.7. The van der Waals surface area contributed by atoms with Gasteiger partial charge in [0.1, 0.15) is 5.56 Å². The molecule has 8 heteroatoms. The van der Waals surface area contributed by atoms with Crippen molar-refractivity contribution < 1.29 is 9.72 Å². The summed E-state index contributed by atoms with van der Waals surface area (Å²) in [5.41, 5.74) is 2.60. The fourth-order valence-electron chi connectivity index (χ4n) is 3.53. The number of nitrogens with zero attached hydrogens (tertiary/aromatic N) is 3. The number of rotatable bonds is 5. The fraction of sp³-hybridized carbons (Fsp3) is 0.238. The van der Waals surface area contributed by atoms with Crippen LogP contribution in [0.4, 0.5) is 10.8 Å². The van der Waals surface area contributed by atoms with E-state index in [1.54, 1.807) is 19.1 Å². The SMILES string of the molecule is Cc1cccc(C(=O)Nc2nc3c(s2)CN(Cc2ccccc2)CC3)c1[N+](=O)[O-]. The van der Waals surface area contributed by atoms with Gasteiger partial charge in [0, 0.05) is 36.5 Å². The van der Waals surface area contributed by atoms with E-state index in [0.29, 0.717) is 10.7 Å². The van der Waals surface area contributed by atoms with Crippen molar-refractivity contribution in [2.24, 2.45) is 0 Å². The van der Waals surface area contributed by atoms with Crippen LogP contribution in [0.1, 0.15) is 32.1 Å². The number of carbonyl (C=O) groups excluding carboxylic acids is 1. The third-order valence-electron chi connectivity index (χ3n) is 4.94. The van der Waals surface area contributed by atoms with Gasteiger partial charge in [0.25, 0.3) is 11.6 Å². The van der Waals surface area contributed by atoms with Crippen molar-refractivity contribution in [2.75, 3.05) is 11.9 Å². The Morgan fingerprint density at radius 2 is 2.03 bits per heavy atom. The van der Waals surface area contributed by atoms with E-state index in [2.05, 4.69) is 27.3 Å². The molecule has 0 saturated carbocycles. The number of hydrogen-bond donors (Lipinski definition) is 1. The summed E-state index contributed by atoms with van der Waals surface area (Å²) in [6.45, 7) is 4.18. The topological polar surface area (TPSA) is 88.4 Å². The minimum Gasteiger partial charge on any atom is -0.298 e. The Kier molecular flexibility index (Phi) is 5.37. The maximum absolute atomic E-state index is 12.7. The van der Waals surface area contributed by atoms with Gasteiger partial charge in [-0.1, -0.05) is 42.5 Å². The largest absolute Gasteiger partial charge is 0.298 e. The van der Waals surface area contributed by atoms with Gasteiger partial charge in [0.05, 0.1) is 10.6 Å². The summed E-state index contributed by atoms with van der Waals surface area (Å²) in [5.74, 6) is -0.507. The third-order valence-corrected chi connectivity index (χ3v) is 5.94. The van der Waals surface area contributed by atoms with Crippen LogP contribution in [0.3, 0.4) is 0 Å². The van der Waals surface area contributed by atoms with E-state index in [1.165, 1.54) is 23.0 Å². The van der Waals surface area contributed by atoms with Crippen LogP contribution in [-0.2, 0) is 19.5 Å². The lowest BCUT2D eigenvalue weighted by Gasteiger charge is -2.25. The first kappa shape index (κ1) is 19.2. The number of amides is 1. The molecule has 0 radical (unpaired) electrons. The first-order valence-electron chi connectivity index (χ1n) is 9.31. The number of hydrogen-bond acceptors (Lipinski definition) is 6. The predicted molar refractivity (Wildman–Crippen MR) is 112 cm³/mol. The molecule has 0 aliphatic carbocycles. The van der Waals surface area contributed by atoms with Gasteiger partial charge in [-0.05, 0) is 18.6 Å². The molecule has 29 heavy (non-hydrogen) atoms. The van der Waals surface area contributed by atoms with Crippen LogP contribution in [0, 0.1) is 17.0 Å². The molecular weight excluding hydrogens is 388 g/mol. The van der Waals surface area contributed by atoms with Crippen LogP contribution in [0.15, 0.2) is 48.5 Å². The average Bonchev–Trinajstić information content (AvgIpc) is 3.09. The highest BCUT2D eigenvalue weighted by Gasteiger charge is 2.25. The molecule has 0 saturated heterocycles. The number of thiazole rings is 1. The molecule has 1 aromatic heterocycles.